The second-order valence-corrected chi connectivity index (χ2v) is 3.62. The van der Waals surface area contributed by atoms with Crippen molar-refractivity contribution in [2.24, 2.45) is 0 Å². The Bertz CT molecular complexity index is 396. The average Bonchev–Trinajstić information content (AvgIpc) is 2.48. The quantitative estimate of drug-likeness (QED) is 0.704. The lowest BCUT2D eigenvalue weighted by Gasteiger charge is -2.02. The molecule has 3 heteroatoms. The van der Waals surface area contributed by atoms with Gasteiger partial charge in [0.2, 0.25) is 0 Å². The lowest BCUT2D eigenvalue weighted by molar-refractivity contribution is 0.0535. The van der Waals surface area contributed by atoms with E-state index in [0.717, 1.165) is 15.6 Å². The maximum atomic E-state index is 11.2. The smallest absolute Gasteiger partial charge is 0.338 e. The summed E-state index contributed by atoms with van der Waals surface area (Å²) < 4.78 is 5.86. The van der Waals surface area contributed by atoms with E-state index in [1.807, 2.05) is 6.07 Å². The highest BCUT2D eigenvalue weighted by atomic mass is 79.9. The van der Waals surface area contributed by atoms with Gasteiger partial charge in [-0.1, -0.05) is 28.6 Å². The number of cyclic esters (lactones) is 1. The van der Waals surface area contributed by atoms with Gasteiger partial charge >= 0.3 is 5.97 Å². The molecule has 1 aliphatic heterocycles. The van der Waals surface area contributed by atoms with Crippen LogP contribution in [0.2, 0.25) is 0 Å². The summed E-state index contributed by atoms with van der Waals surface area (Å²) in [5.74, 6) is -0.245. The van der Waals surface area contributed by atoms with Crippen molar-refractivity contribution in [2.75, 3.05) is 0 Å². The van der Waals surface area contributed by atoms with Crippen molar-refractivity contribution in [3.05, 3.63) is 39.9 Å². The normalized spacial score (nSPS) is 13.8. The molecule has 0 aliphatic carbocycles. The van der Waals surface area contributed by atoms with Crippen LogP contribution in [0.25, 0.3) is 6.08 Å². The molecule has 66 valence electrons. The van der Waals surface area contributed by atoms with E-state index in [1.165, 1.54) is 0 Å². The Hall–Kier alpha value is -1.09. The average molecular weight is 239 g/mol. The molecule has 0 saturated heterocycles. The van der Waals surface area contributed by atoms with Crippen LogP contribution in [0.5, 0.6) is 0 Å². The molecule has 0 spiro atoms. The topological polar surface area (TPSA) is 26.3 Å². The Morgan fingerprint density at radius 3 is 3.00 bits per heavy atom. The number of hydrogen-bond acceptors (Lipinski definition) is 2. The number of halogens is 1. The monoisotopic (exact) mass is 238 g/mol. The minimum absolute atomic E-state index is 0.245. The van der Waals surface area contributed by atoms with Crippen molar-refractivity contribution in [3.8, 4) is 0 Å². The molecule has 0 fully saturated rings. The summed E-state index contributed by atoms with van der Waals surface area (Å²) >= 11 is 3.39. The van der Waals surface area contributed by atoms with Gasteiger partial charge in [0.1, 0.15) is 6.61 Å². The van der Waals surface area contributed by atoms with Gasteiger partial charge in [-0.05, 0) is 17.7 Å². The zero-order valence-corrected chi connectivity index (χ0v) is 8.43. The predicted molar refractivity (Wildman–Crippen MR) is 53.4 cm³/mol. The molecule has 0 aromatic heterocycles. The fourth-order valence-electron chi connectivity index (χ4n) is 1.42. The molecule has 0 N–H and O–H groups in total. The van der Waals surface area contributed by atoms with Crippen molar-refractivity contribution in [1.29, 1.82) is 0 Å². The van der Waals surface area contributed by atoms with Gasteiger partial charge in [0.15, 0.2) is 0 Å². The second-order valence-electron chi connectivity index (χ2n) is 2.77. The second kappa shape index (κ2) is 3.00. The molecule has 0 amide bonds. The summed E-state index contributed by atoms with van der Waals surface area (Å²) in [6, 6.07) is 3.60. The number of rotatable bonds is 1. The van der Waals surface area contributed by atoms with Gasteiger partial charge < -0.3 is 4.74 Å². The Morgan fingerprint density at radius 1 is 1.54 bits per heavy atom. The van der Waals surface area contributed by atoms with Crippen LogP contribution in [-0.4, -0.2) is 5.97 Å². The van der Waals surface area contributed by atoms with Gasteiger partial charge in [0.25, 0.3) is 0 Å². The Morgan fingerprint density at radius 2 is 2.31 bits per heavy atom. The van der Waals surface area contributed by atoms with Crippen molar-refractivity contribution < 1.29 is 9.53 Å². The van der Waals surface area contributed by atoms with Crippen LogP contribution in [0.1, 0.15) is 21.5 Å². The standard InChI is InChI=1S/C10H7BrO2/c1-2-6-8-5-13-10(12)7(8)3-4-9(6)11/h2-4H,1,5H2. The molecular weight excluding hydrogens is 232 g/mol. The molecule has 1 aromatic rings. The van der Waals surface area contributed by atoms with Gasteiger partial charge in [-0.25, -0.2) is 4.79 Å². The third-order valence-corrected chi connectivity index (χ3v) is 2.77. The molecule has 1 heterocycles. The minimum Gasteiger partial charge on any atom is -0.457 e. The van der Waals surface area contributed by atoms with Gasteiger partial charge in [0, 0.05) is 10.0 Å². The maximum Gasteiger partial charge on any atom is 0.338 e. The lowest BCUT2D eigenvalue weighted by Crippen LogP contribution is -1.93. The van der Waals surface area contributed by atoms with Crippen molar-refractivity contribution >= 4 is 28.0 Å². The number of carbonyl (C=O) groups is 1. The van der Waals surface area contributed by atoms with Crippen LogP contribution in [0.4, 0.5) is 0 Å². The molecule has 2 rings (SSSR count). The molecule has 0 bridgehead atoms. The fourth-order valence-corrected chi connectivity index (χ4v) is 1.95. The Kier molecular flexibility index (Phi) is 1.96. The number of hydrogen-bond donors (Lipinski definition) is 0. The van der Waals surface area contributed by atoms with Crippen LogP contribution in [0.15, 0.2) is 23.2 Å². The van der Waals surface area contributed by atoms with E-state index in [1.54, 1.807) is 12.1 Å². The number of carbonyl (C=O) groups excluding carboxylic acids is 1. The molecule has 0 radical (unpaired) electrons. The van der Waals surface area contributed by atoms with Crippen LogP contribution in [0.3, 0.4) is 0 Å². The van der Waals surface area contributed by atoms with E-state index < -0.39 is 0 Å². The summed E-state index contributed by atoms with van der Waals surface area (Å²) in [5.41, 5.74) is 2.52. The molecule has 1 aliphatic rings. The summed E-state index contributed by atoms with van der Waals surface area (Å²) in [4.78, 5) is 11.2. The minimum atomic E-state index is -0.245. The highest BCUT2D eigenvalue weighted by Crippen LogP contribution is 2.29. The van der Waals surface area contributed by atoms with Crippen LogP contribution >= 0.6 is 15.9 Å². The third-order valence-electron chi connectivity index (χ3n) is 2.08. The Balaban J connectivity index is 2.70. The molecule has 0 atom stereocenters. The first kappa shape index (κ1) is 8.51. The zero-order chi connectivity index (χ0) is 9.42. The number of ether oxygens (including phenoxy) is 1. The van der Waals surface area contributed by atoms with E-state index in [0.29, 0.717) is 12.2 Å². The van der Waals surface area contributed by atoms with E-state index in [2.05, 4.69) is 22.5 Å². The molecule has 13 heavy (non-hydrogen) atoms. The van der Waals surface area contributed by atoms with Gasteiger partial charge in [-0.2, -0.15) is 0 Å². The van der Waals surface area contributed by atoms with E-state index >= 15 is 0 Å². The van der Waals surface area contributed by atoms with Crippen LogP contribution in [-0.2, 0) is 11.3 Å². The summed E-state index contributed by atoms with van der Waals surface area (Å²) in [6.45, 7) is 4.05. The largest absolute Gasteiger partial charge is 0.457 e. The first-order chi connectivity index (χ1) is 6.24. The first-order valence-corrected chi connectivity index (χ1v) is 4.64. The van der Waals surface area contributed by atoms with Gasteiger partial charge in [-0.15, -0.1) is 0 Å². The molecule has 1 aromatic carbocycles. The predicted octanol–water partition coefficient (Wildman–Crippen LogP) is 2.76. The molecule has 2 nitrogen and oxygen atoms in total. The van der Waals surface area contributed by atoms with E-state index in [-0.39, 0.29) is 5.97 Å². The zero-order valence-electron chi connectivity index (χ0n) is 6.84. The third kappa shape index (κ3) is 1.20. The summed E-state index contributed by atoms with van der Waals surface area (Å²) in [7, 11) is 0. The summed E-state index contributed by atoms with van der Waals surface area (Å²) in [5, 5.41) is 0. The highest BCUT2D eigenvalue weighted by Gasteiger charge is 2.23. The van der Waals surface area contributed by atoms with Crippen molar-refractivity contribution in [3.63, 3.8) is 0 Å². The highest BCUT2D eigenvalue weighted by molar-refractivity contribution is 9.10. The van der Waals surface area contributed by atoms with Gasteiger partial charge in [0.05, 0.1) is 5.56 Å². The van der Waals surface area contributed by atoms with Crippen LogP contribution in [0, 0.1) is 0 Å². The Labute approximate surface area is 84.3 Å². The number of esters is 1. The van der Waals surface area contributed by atoms with E-state index in [4.69, 9.17) is 4.74 Å². The number of benzene rings is 1. The number of fused-ring (bicyclic) bond motifs is 1. The van der Waals surface area contributed by atoms with Crippen LogP contribution < -0.4 is 0 Å². The van der Waals surface area contributed by atoms with Crippen molar-refractivity contribution in [2.45, 2.75) is 6.61 Å². The molecular formula is C10H7BrO2. The van der Waals surface area contributed by atoms with E-state index in [9.17, 15) is 4.79 Å². The fraction of sp³-hybridized carbons (Fsp3) is 0.100. The first-order valence-electron chi connectivity index (χ1n) is 3.85. The SMILES string of the molecule is C=Cc1c(Br)ccc2c1COC2=O. The van der Waals surface area contributed by atoms with Crippen molar-refractivity contribution in [1.82, 2.24) is 0 Å². The lowest BCUT2D eigenvalue weighted by atomic mass is 10.0. The molecule has 0 saturated carbocycles. The van der Waals surface area contributed by atoms with Gasteiger partial charge in [-0.3, -0.25) is 0 Å². The maximum absolute atomic E-state index is 11.2. The molecule has 0 unspecified atom stereocenters. The summed E-state index contributed by atoms with van der Waals surface area (Å²) in [6.07, 6.45) is 1.73.